The van der Waals surface area contributed by atoms with Crippen LogP contribution >= 0.6 is 34.3 Å². The molecule has 0 bridgehead atoms. The van der Waals surface area contributed by atoms with Gasteiger partial charge in [0, 0.05) is 21.2 Å². The maximum atomic E-state index is 5.58. The summed E-state index contributed by atoms with van der Waals surface area (Å²) in [7, 11) is 0. The number of alkyl halides is 1. The van der Waals surface area contributed by atoms with E-state index >= 15 is 0 Å². The van der Waals surface area contributed by atoms with Crippen molar-refractivity contribution in [1.29, 1.82) is 0 Å². The van der Waals surface area contributed by atoms with Crippen LogP contribution in [-0.2, 0) is 0 Å². The Morgan fingerprint density at radius 3 is 3.00 bits per heavy atom. The molecule has 14 heavy (non-hydrogen) atoms. The fourth-order valence-electron chi connectivity index (χ4n) is 1.17. The summed E-state index contributed by atoms with van der Waals surface area (Å²) in [6.07, 6.45) is 4.03. The van der Waals surface area contributed by atoms with Gasteiger partial charge < -0.3 is 0 Å². The van der Waals surface area contributed by atoms with Gasteiger partial charge in [-0.25, -0.2) is 0 Å². The van der Waals surface area contributed by atoms with Gasteiger partial charge in [-0.1, -0.05) is 12.1 Å². The lowest BCUT2D eigenvalue weighted by molar-refractivity contribution is 1.78. The third-order valence-corrected chi connectivity index (χ3v) is 3.79. The van der Waals surface area contributed by atoms with Crippen LogP contribution < -0.4 is 0 Å². The Balaban J connectivity index is 2.22. The van der Waals surface area contributed by atoms with E-state index in [-0.39, 0.29) is 0 Å². The van der Waals surface area contributed by atoms with Crippen molar-refractivity contribution in [3.05, 3.63) is 39.9 Å². The molecule has 3 heteroatoms. The van der Waals surface area contributed by atoms with E-state index in [0.29, 0.717) is 5.88 Å². The predicted octanol–water partition coefficient (Wildman–Crippen LogP) is 4.73. The lowest BCUT2D eigenvalue weighted by Crippen LogP contribution is -1.63. The SMILES string of the molecule is ClCC=Cc1cc(-c2cccs2)cs1. The number of rotatable bonds is 3. The van der Waals surface area contributed by atoms with Crippen molar-refractivity contribution in [2.75, 3.05) is 5.88 Å². The average Bonchev–Trinajstić information content (AvgIpc) is 2.85. The molecular formula is C11H9ClS2. The Labute approximate surface area is 96.5 Å². The molecule has 0 radical (unpaired) electrons. The summed E-state index contributed by atoms with van der Waals surface area (Å²) in [4.78, 5) is 2.58. The van der Waals surface area contributed by atoms with Gasteiger partial charge in [0.05, 0.1) is 0 Å². The van der Waals surface area contributed by atoms with E-state index in [1.165, 1.54) is 15.3 Å². The Hall–Kier alpha value is -0.570. The molecule has 0 aromatic carbocycles. The topological polar surface area (TPSA) is 0 Å². The van der Waals surface area contributed by atoms with Crippen molar-refractivity contribution < 1.29 is 0 Å². The average molecular weight is 241 g/mol. The number of hydrogen-bond acceptors (Lipinski definition) is 2. The lowest BCUT2D eigenvalue weighted by Gasteiger charge is -1.86. The minimum Gasteiger partial charge on any atom is -0.144 e. The van der Waals surface area contributed by atoms with Crippen LogP contribution in [0.3, 0.4) is 0 Å². The quantitative estimate of drug-likeness (QED) is 0.681. The molecule has 0 N–H and O–H groups in total. The normalized spacial score (nSPS) is 11.2. The first kappa shape index (κ1) is 9.97. The maximum Gasteiger partial charge on any atom is 0.0407 e. The number of halogens is 1. The van der Waals surface area contributed by atoms with Gasteiger partial charge in [0.2, 0.25) is 0 Å². The monoisotopic (exact) mass is 240 g/mol. The summed E-state index contributed by atoms with van der Waals surface area (Å²) in [5, 5.41) is 4.28. The Morgan fingerprint density at radius 2 is 2.29 bits per heavy atom. The smallest absolute Gasteiger partial charge is 0.0407 e. The largest absolute Gasteiger partial charge is 0.144 e. The van der Waals surface area contributed by atoms with Crippen molar-refractivity contribution in [2.24, 2.45) is 0 Å². The number of hydrogen-bond donors (Lipinski definition) is 0. The zero-order chi connectivity index (χ0) is 9.80. The standard InChI is InChI=1S/C11H9ClS2/c12-5-1-3-10-7-9(8-14-10)11-4-2-6-13-11/h1-4,6-8H,5H2. The van der Waals surface area contributed by atoms with Gasteiger partial charge >= 0.3 is 0 Å². The highest BCUT2D eigenvalue weighted by atomic mass is 35.5. The molecule has 0 aliphatic heterocycles. The Bertz CT molecular complexity index is 412. The summed E-state index contributed by atoms with van der Waals surface area (Å²) in [5.74, 6) is 0.576. The summed E-state index contributed by atoms with van der Waals surface area (Å²) in [6.45, 7) is 0. The fourth-order valence-corrected chi connectivity index (χ4v) is 2.88. The van der Waals surface area contributed by atoms with Crippen LogP contribution in [0.1, 0.15) is 4.88 Å². The van der Waals surface area contributed by atoms with Crippen molar-refractivity contribution >= 4 is 40.4 Å². The molecule has 2 rings (SSSR count). The highest BCUT2D eigenvalue weighted by molar-refractivity contribution is 7.15. The highest BCUT2D eigenvalue weighted by Crippen LogP contribution is 2.29. The van der Waals surface area contributed by atoms with E-state index in [2.05, 4.69) is 35.0 Å². The lowest BCUT2D eigenvalue weighted by atomic mass is 10.2. The van der Waals surface area contributed by atoms with Gasteiger partial charge in [0.15, 0.2) is 0 Å². The third-order valence-electron chi connectivity index (χ3n) is 1.80. The van der Waals surface area contributed by atoms with Crippen LogP contribution in [0.15, 0.2) is 35.0 Å². The van der Waals surface area contributed by atoms with Crippen LogP contribution in [-0.4, -0.2) is 5.88 Å². The molecular weight excluding hydrogens is 232 g/mol. The first-order valence-electron chi connectivity index (χ1n) is 4.25. The molecule has 2 aromatic rings. The molecule has 0 atom stereocenters. The van der Waals surface area contributed by atoms with Crippen molar-refractivity contribution in [3.8, 4) is 10.4 Å². The summed E-state index contributed by atoms with van der Waals surface area (Å²) in [6, 6.07) is 6.41. The van der Waals surface area contributed by atoms with Crippen LogP contribution in [0.2, 0.25) is 0 Å². The molecule has 0 spiro atoms. The van der Waals surface area contributed by atoms with Gasteiger partial charge in [-0.2, -0.15) is 0 Å². The van der Waals surface area contributed by atoms with E-state index in [1.54, 1.807) is 22.7 Å². The molecule has 0 nitrogen and oxygen atoms in total. The molecule has 0 saturated carbocycles. The summed E-state index contributed by atoms with van der Waals surface area (Å²) >= 11 is 9.10. The molecule has 0 unspecified atom stereocenters. The van der Waals surface area contributed by atoms with E-state index in [9.17, 15) is 0 Å². The van der Waals surface area contributed by atoms with Gasteiger partial charge in [0.1, 0.15) is 0 Å². The molecule has 0 aliphatic carbocycles. The van der Waals surface area contributed by atoms with Gasteiger partial charge in [-0.3, -0.25) is 0 Å². The Kier molecular flexibility index (Phi) is 3.40. The zero-order valence-corrected chi connectivity index (χ0v) is 9.83. The second-order valence-corrected chi connectivity index (χ2v) is 4.97. The Morgan fingerprint density at radius 1 is 1.36 bits per heavy atom. The van der Waals surface area contributed by atoms with Gasteiger partial charge in [-0.15, -0.1) is 34.3 Å². The second kappa shape index (κ2) is 4.78. The molecule has 0 amide bonds. The first-order valence-corrected chi connectivity index (χ1v) is 6.54. The van der Waals surface area contributed by atoms with E-state index < -0.39 is 0 Å². The van der Waals surface area contributed by atoms with Crippen LogP contribution in [0.4, 0.5) is 0 Å². The molecule has 2 heterocycles. The van der Waals surface area contributed by atoms with Gasteiger partial charge in [0.25, 0.3) is 0 Å². The molecule has 0 saturated heterocycles. The predicted molar refractivity (Wildman–Crippen MR) is 67.4 cm³/mol. The highest BCUT2D eigenvalue weighted by Gasteiger charge is 2.00. The molecule has 2 aromatic heterocycles. The third kappa shape index (κ3) is 2.27. The maximum absolute atomic E-state index is 5.58. The van der Waals surface area contributed by atoms with Crippen LogP contribution in [0.25, 0.3) is 16.5 Å². The summed E-state index contributed by atoms with van der Waals surface area (Å²) < 4.78 is 0. The molecule has 72 valence electrons. The first-order chi connectivity index (χ1) is 6.90. The second-order valence-electron chi connectivity index (χ2n) is 2.77. The van der Waals surface area contributed by atoms with E-state index in [1.807, 2.05) is 6.08 Å². The minimum absolute atomic E-state index is 0.576. The van der Waals surface area contributed by atoms with Crippen molar-refractivity contribution in [3.63, 3.8) is 0 Å². The molecule has 0 fully saturated rings. The van der Waals surface area contributed by atoms with Gasteiger partial charge in [-0.05, 0) is 29.0 Å². The van der Waals surface area contributed by atoms with E-state index in [0.717, 1.165) is 0 Å². The zero-order valence-electron chi connectivity index (χ0n) is 7.44. The minimum atomic E-state index is 0.576. The van der Waals surface area contributed by atoms with Crippen molar-refractivity contribution in [2.45, 2.75) is 0 Å². The van der Waals surface area contributed by atoms with Crippen LogP contribution in [0.5, 0.6) is 0 Å². The number of thiophene rings is 2. The van der Waals surface area contributed by atoms with Crippen LogP contribution in [0, 0.1) is 0 Å². The fraction of sp³-hybridized carbons (Fsp3) is 0.0909. The van der Waals surface area contributed by atoms with E-state index in [4.69, 9.17) is 11.6 Å². The number of allylic oxidation sites excluding steroid dienone is 1. The van der Waals surface area contributed by atoms with Crippen molar-refractivity contribution in [1.82, 2.24) is 0 Å². The molecule has 0 aliphatic rings. The summed E-state index contributed by atoms with van der Waals surface area (Å²) in [5.41, 5.74) is 1.30.